The van der Waals surface area contributed by atoms with Crippen LogP contribution in [0.1, 0.15) is 5.69 Å². The number of benzene rings is 1. The van der Waals surface area contributed by atoms with E-state index in [2.05, 4.69) is 9.82 Å². The highest BCUT2D eigenvalue weighted by molar-refractivity contribution is 7.92. The molecule has 1 aromatic carbocycles. The van der Waals surface area contributed by atoms with Crippen LogP contribution in [0.15, 0.2) is 29.3 Å². The Balaban J connectivity index is 2.36. The zero-order chi connectivity index (χ0) is 14.2. The summed E-state index contributed by atoms with van der Waals surface area (Å²) in [6.45, 7) is 1.63. The molecule has 1 aromatic heterocycles. The molecular weight excluding hydrogens is 309 g/mol. The van der Waals surface area contributed by atoms with Crippen molar-refractivity contribution in [1.29, 1.82) is 0 Å². The van der Waals surface area contributed by atoms with E-state index < -0.39 is 10.0 Å². The molecule has 0 fully saturated rings. The SMILES string of the molecule is Cc1nn(C)cc1S(=O)(=O)Nc1ccc(Cl)c(Cl)c1. The molecular formula is C11H11Cl2N3O2S. The molecule has 0 spiro atoms. The second-order valence-corrected chi connectivity index (χ2v) is 6.45. The Morgan fingerprint density at radius 1 is 1.26 bits per heavy atom. The topological polar surface area (TPSA) is 64.0 Å². The number of nitrogens with one attached hydrogen (secondary N) is 1. The standard InChI is InChI=1S/C11H11Cl2N3O2S/c1-7-11(6-16(2)14-7)19(17,18)15-8-3-4-9(12)10(13)5-8/h3-6,15H,1-2H3. The van der Waals surface area contributed by atoms with E-state index in [1.54, 1.807) is 14.0 Å². The van der Waals surface area contributed by atoms with Crippen LogP contribution in [0.5, 0.6) is 0 Å². The van der Waals surface area contributed by atoms with Crippen molar-refractivity contribution in [3.05, 3.63) is 40.1 Å². The molecule has 0 saturated heterocycles. The average Bonchev–Trinajstić information content (AvgIpc) is 2.63. The molecule has 0 radical (unpaired) electrons. The zero-order valence-electron chi connectivity index (χ0n) is 10.2. The van der Waals surface area contributed by atoms with Gasteiger partial charge in [0.2, 0.25) is 0 Å². The fraction of sp³-hybridized carbons (Fsp3) is 0.182. The maximum absolute atomic E-state index is 12.2. The molecule has 0 amide bonds. The third-order valence-corrected chi connectivity index (χ3v) is 4.65. The van der Waals surface area contributed by atoms with Crippen LogP contribution >= 0.6 is 23.2 Å². The molecule has 1 heterocycles. The van der Waals surface area contributed by atoms with Gasteiger partial charge in [-0.3, -0.25) is 9.40 Å². The van der Waals surface area contributed by atoms with E-state index >= 15 is 0 Å². The van der Waals surface area contributed by atoms with Gasteiger partial charge in [-0.25, -0.2) is 8.42 Å². The summed E-state index contributed by atoms with van der Waals surface area (Å²) in [5, 5.41) is 4.65. The van der Waals surface area contributed by atoms with Crippen molar-refractivity contribution in [1.82, 2.24) is 9.78 Å². The van der Waals surface area contributed by atoms with E-state index in [1.807, 2.05) is 0 Å². The number of rotatable bonds is 3. The van der Waals surface area contributed by atoms with Gasteiger partial charge in [0, 0.05) is 13.2 Å². The number of nitrogens with zero attached hydrogens (tertiary/aromatic N) is 2. The lowest BCUT2D eigenvalue weighted by atomic mass is 10.3. The summed E-state index contributed by atoms with van der Waals surface area (Å²) >= 11 is 11.6. The summed E-state index contributed by atoms with van der Waals surface area (Å²) in [5.41, 5.74) is 0.771. The maximum atomic E-state index is 12.2. The first-order valence-electron chi connectivity index (χ1n) is 5.28. The molecule has 0 saturated carbocycles. The number of aromatic nitrogens is 2. The molecule has 0 aliphatic rings. The van der Waals surface area contributed by atoms with Crippen LogP contribution in [0.2, 0.25) is 10.0 Å². The van der Waals surface area contributed by atoms with Crippen molar-refractivity contribution >= 4 is 38.9 Å². The maximum Gasteiger partial charge on any atom is 0.265 e. The highest BCUT2D eigenvalue weighted by Gasteiger charge is 2.20. The van der Waals surface area contributed by atoms with Crippen LogP contribution in [-0.4, -0.2) is 18.2 Å². The summed E-state index contributed by atoms with van der Waals surface area (Å²) in [7, 11) is -2.03. The molecule has 5 nitrogen and oxygen atoms in total. The lowest BCUT2D eigenvalue weighted by Crippen LogP contribution is -2.13. The summed E-state index contributed by atoms with van der Waals surface area (Å²) in [5.74, 6) is 0. The predicted molar refractivity (Wildman–Crippen MR) is 75.2 cm³/mol. The van der Waals surface area contributed by atoms with Crippen LogP contribution in [0, 0.1) is 6.92 Å². The van der Waals surface area contributed by atoms with Crippen LogP contribution in [-0.2, 0) is 17.1 Å². The number of hydrogen-bond acceptors (Lipinski definition) is 3. The van der Waals surface area contributed by atoms with E-state index in [-0.39, 0.29) is 9.92 Å². The normalized spacial score (nSPS) is 11.6. The van der Waals surface area contributed by atoms with Gasteiger partial charge < -0.3 is 0 Å². The Bertz CT molecular complexity index is 726. The molecule has 0 aliphatic carbocycles. The Morgan fingerprint density at radius 2 is 1.95 bits per heavy atom. The van der Waals surface area contributed by atoms with Crippen LogP contribution in [0.3, 0.4) is 0 Å². The van der Waals surface area contributed by atoms with E-state index in [4.69, 9.17) is 23.2 Å². The van der Waals surface area contributed by atoms with Gasteiger partial charge in [-0.1, -0.05) is 23.2 Å². The Labute approximate surface area is 121 Å². The molecule has 0 bridgehead atoms. The average molecular weight is 320 g/mol. The highest BCUT2D eigenvalue weighted by atomic mass is 35.5. The second kappa shape index (κ2) is 5.03. The molecule has 0 atom stereocenters. The molecule has 0 aliphatic heterocycles. The third kappa shape index (κ3) is 3.02. The van der Waals surface area contributed by atoms with Crippen molar-refractivity contribution in [2.75, 3.05) is 4.72 Å². The fourth-order valence-electron chi connectivity index (χ4n) is 1.61. The summed E-state index contributed by atoms with van der Waals surface area (Å²) < 4.78 is 28.3. The molecule has 2 aromatic rings. The van der Waals surface area contributed by atoms with E-state index in [0.29, 0.717) is 16.4 Å². The molecule has 2 rings (SSSR count). The van der Waals surface area contributed by atoms with Gasteiger partial charge >= 0.3 is 0 Å². The molecule has 102 valence electrons. The zero-order valence-corrected chi connectivity index (χ0v) is 12.5. The Morgan fingerprint density at radius 3 is 2.47 bits per heavy atom. The van der Waals surface area contributed by atoms with Crippen LogP contribution in [0.4, 0.5) is 5.69 Å². The first kappa shape index (κ1) is 14.2. The largest absolute Gasteiger partial charge is 0.279 e. The smallest absolute Gasteiger partial charge is 0.265 e. The molecule has 8 heteroatoms. The predicted octanol–water partition coefficient (Wildman–Crippen LogP) is 2.84. The van der Waals surface area contributed by atoms with E-state index in [0.717, 1.165) is 0 Å². The number of sulfonamides is 1. The van der Waals surface area contributed by atoms with Crippen molar-refractivity contribution in [3.63, 3.8) is 0 Å². The van der Waals surface area contributed by atoms with Gasteiger partial charge in [-0.05, 0) is 25.1 Å². The lowest BCUT2D eigenvalue weighted by Gasteiger charge is -2.07. The first-order chi connectivity index (χ1) is 8.79. The van der Waals surface area contributed by atoms with Gasteiger partial charge in [-0.15, -0.1) is 0 Å². The number of hydrogen-bond donors (Lipinski definition) is 1. The minimum atomic E-state index is -3.69. The van der Waals surface area contributed by atoms with Gasteiger partial charge in [0.05, 0.1) is 21.4 Å². The Kier molecular flexibility index (Phi) is 3.75. The minimum Gasteiger partial charge on any atom is -0.279 e. The second-order valence-electron chi connectivity index (χ2n) is 3.99. The third-order valence-electron chi connectivity index (χ3n) is 2.43. The van der Waals surface area contributed by atoms with E-state index in [9.17, 15) is 8.42 Å². The number of aryl methyl sites for hydroxylation is 2. The Hall–Kier alpha value is -1.24. The molecule has 1 N–H and O–H groups in total. The van der Waals surface area contributed by atoms with Crippen molar-refractivity contribution in [3.8, 4) is 0 Å². The van der Waals surface area contributed by atoms with Gasteiger partial charge in [0.1, 0.15) is 4.90 Å². The number of anilines is 1. The van der Waals surface area contributed by atoms with Crippen molar-refractivity contribution in [2.24, 2.45) is 7.05 Å². The van der Waals surface area contributed by atoms with Gasteiger partial charge in [0.15, 0.2) is 0 Å². The van der Waals surface area contributed by atoms with Gasteiger partial charge in [0.25, 0.3) is 10.0 Å². The first-order valence-corrected chi connectivity index (χ1v) is 7.51. The molecule has 0 unspecified atom stereocenters. The van der Waals surface area contributed by atoms with Crippen LogP contribution < -0.4 is 4.72 Å². The quantitative estimate of drug-likeness (QED) is 0.946. The summed E-state index contributed by atoms with van der Waals surface area (Å²) in [6.07, 6.45) is 1.44. The minimum absolute atomic E-state index is 0.126. The van der Waals surface area contributed by atoms with Gasteiger partial charge in [-0.2, -0.15) is 5.10 Å². The monoisotopic (exact) mass is 319 g/mol. The number of halogens is 2. The van der Waals surface area contributed by atoms with E-state index in [1.165, 1.54) is 29.1 Å². The van der Waals surface area contributed by atoms with Crippen molar-refractivity contribution < 1.29 is 8.42 Å². The summed E-state index contributed by atoms with van der Waals surface area (Å²) in [4.78, 5) is 0.126. The van der Waals surface area contributed by atoms with Crippen molar-refractivity contribution in [2.45, 2.75) is 11.8 Å². The fourth-order valence-corrected chi connectivity index (χ4v) is 3.18. The molecule has 19 heavy (non-hydrogen) atoms. The lowest BCUT2D eigenvalue weighted by molar-refractivity contribution is 0.600. The summed E-state index contributed by atoms with van der Waals surface area (Å²) in [6, 6.07) is 4.52. The highest BCUT2D eigenvalue weighted by Crippen LogP contribution is 2.26. The van der Waals surface area contributed by atoms with Crippen LogP contribution in [0.25, 0.3) is 0 Å².